The zero-order valence-electron chi connectivity index (χ0n) is 10.1. The lowest BCUT2D eigenvalue weighted by Crippen LogP contribution is -2.38. The van der Waals surface area contributed by atoms with Crippen LogP contribution in [0.1, 0.15) is 12.5 Å². The number of rotatable bonds is 3. The van der Waals surface area contributed by atoms with Gasteiger partial charge in [0.2, 0.25) is 5.91 Å². The lowest BCUT2D eigenvalue weighted by molar-refractivity contribution is -0.130. The third-order valence-electron chi connectivity index (χ3n) is 2.84. The first-order valence-electron chi connectivity index (χ1n) is 5.75. The Morgan fingerprint density at radius 2 is 2.29 bits per heavy atom. The van der Waals surface area contributed by atoms with Gasteiger partial charge in [0.1, 0.15) is 0 Å². The summed E-state index contributed by atoms with van der Waals surface area (Å²) in [6, 6.07) is 8.14. The number of fused-ring (bicyclic) bond motifs is 1. The molecule has 1 aromatic rings. The van der Waals surface area contributed by atoms with Gasteiger partial charge in [-0.25, -0.2) is 0 Å². The summed E-state index contributed by atoms with van der Waals surface area (Å²) in [7, 11) is 1.75. The highest BCUT2D eigenvalue weighted by Gasteiger charge is 2.30. The van der Waals surface area contributed by atoms with E-state index in [0.29, 0.717) is 6.54 Å². The van der Waals surface area contributed by atoms with E-state index in [-0.39, 0.29) is 11.2 Å². The van der Waals surface area contributed by atoms with E-state index in [2.05, 4.69) is 12.1 Å². The SMILES string of the molecule is CC(O)CN(C)C(=O)C1Cc2ccccc2S1. The monoisotopic (exact) mass is 251 g/mol. The molecular weight excluding hydrogens is 234 g/mol. The third-order valence-corrected chi connectivity index (χ3v) is 4.14. The Hall–Kier alpha value is -1.00. The van der Waals surface area contributed by atoms with Gasteiger partial charge < -0.3 is 10.0 Å². The van der Waals surface area contributed by atoms with Gasteiger partial charge in [0, 0.05) is 18.5 Å². The van der Waals surface area contributed by atoms with Crippen molar-refractivity contribution in [3.05, 3.63) is 29.8 Å². The second-order valence-corrected chi connectivity index (χ2v) is 5.73. The summed E-state index contributed by atoms with van der Waals surface area (Å²) in [5.41, 5.74) is 1.25. The Morgan fingerprint density at radius 1 is 1.59 bits per heavy atom. The number of nitrogens with zero attached hydrogens (tertiary/aromatic N) is 1. The first-order valence-corrected chi connectivity index (χ1v) is 6.63. The maximum absolute atomic E-state index is 12.1. The van der Waals surface area contributed by atoms with Gasteiger partial charge in [0.15, 0.2) is 0 Å². The summed E-state index contributed by atoms with van der Waals surface area (Å²) >= 11 is 1.63. The van der Waals surface area contributed by atoms with E-state index in [1.807, 2.05) is 12.1 Å². The molecule has 92 valence electrons. The molecule has 2 rings (SSSR count). The molecule has 0 saturated carbocycles. The van der Waals surface area contributed by atoms with Crippen molar-refractivity contribution in [3.8, 4) is 0 Å². The van der Waals surface area contributed by atoms with Crippen molar-refractivity contribution >= 4 is 17.7 Å². The van der Waals surface area contributed by atoms with Gasteiger partial charge in [-0.1, -0.05) is 18.2 Å². The number of hydrogen-bond acceptors (Lipinski definition) is 3. The Bertz CT molecular complexity index is 395. The van der Waals surface area contributed by atoms with E-state index in [9.17, 15) is 9.90 Å². The van der Waals surface area contributed by atoms with Crippen LogP contribution in [0.25, 0.3) is 0 Å². The van der Waals surface area contributed by atoms with Gasteiger partial charge in [-0.2, -0.15) is 0 Å². The number of benzene rings is 1. The normalized spacial score (nSPS) is 19.8. The molecule has 1 aromatic carbocycles. The highest BCUT2D eigenvalue weighted by atomic mass is 32.2. The first kappa shape index (κ1) is 12.5. The average Bonchev–Trinajstić information content (AvgIpc) is 2.70. The molecule has 0 spiro atoms. The number of thioether (sulfide) groups is 1. The van der Waals surface area contributed by atoms with Crippen LogP contribution in [0.2, 0.25) is 0 Å². The number of carbonyl (C=O) groups excluding carboxylic acids is 1. The number of amides is 1. The maximum atomic E-state index is 12.1. The van der Waals surface area contributed by atoms with Crippen LogP contribution in [0.15, 0.2) is 29.2 Å². The molecule has 4 heteroatoms. The summed E-state index contributed by atoms with van der Waals surface area (Å²) < 4.78 is 0. The third kappa shape index (κ3) is 2.82. The average molecular weight is 251 g/mol. The molecule has 3 nitrogen and oxygen atoms in total. The Balaban J connectivity index is 2.01. The standard InChI is InChI=1S/C13H17NO2S/c1-9(15)8-14(2)13(16)12-7-10-5-3-4-6-11(10)17-12/h3-6,9,12,15H,7-8H2,1-2H3. The van der Waals surface area contributed by atoms with E-state index in [4.69, 9.17) is 0 Å². The molecule has 2 unspecified atom stereocenters. The smallest absolute Gasteiger partial charge is 0.236 e. The fourth-order valence-electron chi connectivity index (χ4n) is 2.05. The molecule has 0 saturated heterocycles. The molecule has 0 fully saturated rings. The van der Waals surface area contributed by atoms with Gasteiger partial charge in [-0.15, -0.1) is 11.8 Å². The van der Waals surface area contributed by atoms with Crippen molar-refractivity contribution in [2.75, 3.05) is 13.6 Å². The van der Waals surface area contributed by atoms with E-state index in [1.54, 1.807) is 30.6 Å². The quantitative estimate of drug-likeness (QED) is 0.886. The summed E-state index contributed by atoms with van der Waals surface area (Å²) in [6.45, 7) is 2.09. The number of aliphatic hydroxyl groups is 1. The molecule has 0 aliphatic carbocycles. The van der Waals surface area contributed by atoms with E-state index in [1.165, 1.54) is 10.5 Å². The van der Waals surface area contributed by atoms with Crippen molar-refractivity contribution in [2.24, 2.45) is 0 Å². The second-order valence-electron chi connectivity index (χ2n) is 4.49. The number of hydrogen-bond donors (Lipinski definition) is 1. The lowest BCUT2D eigenvalue weighted by Gasteiger charge is -2.21. The number of aliphatic hydroxyl groups excluding tert-OH is 1. The molecule has 2 atom stereocenters. The van der Waals surface area contributed by atoms with Crippen LogP contribution in [-0.2, 0) is 11.2 Å². The molecule has 1 N–H and O–H groups in total. The van der Waals surface area contributed by atoms with Gasteiger partial charge in [0.05, 0.1) is 11.4 Å². The van der Waals surface area contributed by atoms with Crippen LogP contribution in [-0.4, -0.2) is 40.9 Å². The van der Waals surface area contributed by atoms with Crippen LogP contribution in [0.5, 0.6) is 0 Å². The highest BCUT2D eigenvalue weighted by Crippen LogP contribution is 2.37. The minimum atomic E-state index is -0.474. The predicted octanol–water partition coefficient (Wildman–Crippen LogP) is 1.54. The summed E-state index contributed by atoms with van der Waals surface area (Å²) in [6.07, 6.45) is 0.321. The number of carbonyl (C=O) groups is 1. The van der Waals surface area contributed by atoms with Gasteiger partial charge >= 0.3 is 0 Å². The zero-order chi connectivity index (χ0) is 12.4. The van der Waals surface area contributed by atoms with Gasteiger partial charge in [0.25, 0.3) is 0 Å². The summed E-state index contributed by atoms with van der Waals surface area (Å²) in [5.74, 6) is 0.104. The molecule has 0 radical (unpaired) electrons. The molecule has 1 aliphatic heterocycles. The minimum Gasteiger partial charge on any atom is -0.392 e. The fourth-order valence-corrected chi connectivity index (χ4v) is 3.36. The second kappa shape index (κ2) is 5.10. The highest BCUT2D eigenvalue weighted by molar-refractivity contribution is 8.01. The van der Waals surface area contributed by atoms with Gasteiger partial charge in [-0.05, 0) is 25.0 Å². The Morgan fingerprint density at radius 3 is 2.94 bits per heavy atom. The number of likely N-dealkylation sites (N-methyl/N-ethyl adjacent to an activating group) is 1. The largest absolute Gasteiger partial charge is 0.392 e. The molecule has 17 heavy (non-hydrogen) atoms. The maximum Gasteiger partial charge on any atom is 0.236 e. The van der Waals surface area contributed by atoms with E-state index < -0.39 is 6.10 Å². The van der Waals surface area contributed by atoms with Crippen LogP contribution < -0.4 is 0 Å². The molecule has 1 aliphatic rings. The zero-order valence-corrected chi connectivity index (χ0v) is 10.9. The summed E-state index contributed by atoms with van der Waals surface area (Å²) in [5, 5.41) is 9.26. The van der Waals surface area contributed by atoms with Crippen LogP contribution in [0, 0.1) is 0 Å². The van der Waals surface area contributed by atoms with Crippen molar-refractivity contribution in [1.29, 1.82) is 0 Å². The van der Waals surface area contributed by atoms with Crippen LogP contribution in [0.3, 0.4) is 0 Å². The van der Waals surface area contributed by atoms with Crippen LogP contribution >= 0.6 is 11.8 Å². The first-order chi connectivity index (χ1) is 8.08. The topological polar surface area (TPSA) is 40.5 Å². The molecular formula is C13H17NO2S. The fraction of sp³-hybridized carbons (Fsp3) is 0.462. The Kier molecular flexibility index (Phi) is 3.74. The van der Waals surface area contributed by atoms with Crippen molar-refractivity contribution in [3.63, 3.8) is 0 Å². The lowest BCUT2D eigenvalue weighted by atomic mass is 10.1. The predicted molar refractivity (Wildman–Crippen MR) is 69.1 cm³/mol. The summed E-state index contributed by atoms with van der Waals surface area (Å²) in [4.78, 5) is 15.0. The van der Waals surface area contributed by atoms with Gasteiger partial charge in [-0.3, -0.25) is 4.79 Å². The van der Waals surface area contributed by atoms with Crippen LogP contribution in [0.4, 0.5) is 0 Å². The minimum absolute atomic E-state index is 0.0313. The van der Waals surface area contributed by atoms with Crippen molar-refractivity contribution in [1.82, 2.24) is 4.90 Å². The molecule has 0 bridgehead atoms. The molecule has 0 aromatic heterocycles. The van der Waals surface area contributed by atoms with E-state index in [0.717, 1.165) is 6.42 Å². The Labute approximate surface area is 106 Å². The van der Waals surface area contributed by atoms with Crippen molar-refractivity contribution in [2.45, 2.75) is 29.6 Å². The molecule has 1 amide bonds. The molecule has 1 heterocycles. The van der Waals surface area contributed by atoms with E-state index >= 15 is 0 Å². The van der Waals surface area contributed by atoms with Crippen molar-refractivity contribution < 1.29 is 9.90 Å².